The van der Waals surface area contributed by atoms with Crippen molar-refractivity contribution in [2.45, 2.75) is 19.5 Å². The molecule has 0 aliphatic heterocycles. The summed E-state index contributed by atoms with van der Waals surface area (Å²) in [7, 11) is 5.13. The summed E-state index contributed by atoms with van der Waals surface area (Å²) in [5.41, 5.74) is 2.61. The molecule has 0 spiro atoms. The summed E-state index contributed by atoms with van der Waals surface area (Å²) >= 11 is 0. The average molecular weight is 568 g/mol. The molecule has 8 heteroatoms. The first-order chi connectivity index (χ1) is 15.6. The fraction of sp³-hybridized carbons (Fsp3) is 0.440. The van der Waals surface area contributed by atoms with Crippen LogP contribution in [0.2, 0.25) is 0 Å². The molecule has 0 radical (unpaired) electrons. The number of nitrogens with one attached hydrogen (secondary N) is 2. The van der Waals surface area contributed by atoms with Gasteiger partial charge in [0.15, 0.2) is 5.96 Å². The highest BCUT2D eigenvalue weighted by atomic mass is 127. The fourth-order valence-corrected chi connectivity index (χ4v) is 3.14. The number of halogens is 1. The van der Waals surface area contributed by atoms with E-state index < -0.39 is 0 Å². The quantitative estimate of drug-likeness (QED) is 0.169. The van der Waals surface area contributed by atoms with E-state index in [1.807, 2.05) is 12.1 Å². The van der Waals surface area contributed by atoms with Gasteiger partial charge in [-0.1, -0.05) is 60.7 Å². The Morgan fingerprint density at radius 2 is 1.45 bits per heavy atom. The smallest absolute Gasteiger partial charge is 0.243 e. The van der Waals surface area contributed by atoms with Crippen LogP contribution >= 0.6 is 24.0 Å². The highest BCUT2D eigenvalue weighted by Crippen LogP contribution is 2.10. The molecule has 7 nitrogen and oxygen atoms in total. The number of guanidine groups is 1. The molecular formula is C25H38IN5O2. The van der Waals surface area contributed by atoms with Crippen molar-refractivity contribution >= 4 is 35.8 Å². The Labute approximate surface area is 215 Å². The predicted molar refractivity (Wildman–Crippen MR) is 146 cm³/mol. The van der Waals surface area contributed by atoms with Crippen molar-refractivity contribution in [1.29, 1.82) is 0 Å². The second-order valence-electron chi connectivity index (χ2n) is 7.83. The lowest BCUT2D eigenvalue weighted by molar-refractivity contribution is -0.127. The third kappa shape index (κ3) is 12.6. The molecule has 2 aromatic rings. The van der Waals surface area contributed by atoms with Gasteiger partial charge in [0.25, 0.3) is 0 Å². The number of hydrogen-bond donors (Lipinski definition) is 2. The lowest BCUT2D eigenvalue weighted by atomic mass is 10.1. The zero-order chi connectivity index (χ0) is 23.0. The summed E-state index contributed by atoms with van der Waals surface area (Å²) in [6, 6.07) is 21.1. The molecule has 0 bridgehead atoms. The molecular weight excluding hydrogens is 529 g/mol. The number of carbonyl (C=O) groups is 1. The zero-order valence-corrected chi connectivity index (χ0v) is 22.3. The van der Waals surface area contributed by atoms with Crippen LogP contribution in [0, 0.1) is 0 Å². The summed E-state index contributed by atoms with van der Waals surface area (Å²) in [6.45, 7) is 4.83. The normalized spacial score (nSPS) is 11.1. The molecule has 0 aliphatic rings. The second kappa shape index (κ2) is 17.3. The maximum absolute atomic E-state index is 11.9. The van der Waals surface area contributed by atoms with E-state index in [9.17, 15) is 4.79 Å². The van der Waals surface area contributed by atoms with Crippen LogP contribution in [0.1, 0.15) is 17.5 Å². The Balaban J connectivity index is 0.00000544. The maximum atomic E-state index is 11.9. The molecule has 2 rings (SSSR count). The van der Waals surface area contributed by atoms with Crippen molar-refractivity contribution in [2.75, 3.05) is 54.0 Å². The number of likely N-dealkylation sites (N-methyl/N-ethyl adjacent to an activating group) is 1. The van der Waals surface area contributed by atoms with Gasteiger partial charge in [0.1, 0.15) is 6.54 Å². The van der Waals surface area contributed by atoms with E-state index in [-0.39, 0.29) is 36.4 Å². The number of carbonyl (C=O) groups excluding carboxylic acids is 1. The third-order valence-corrected chi connectivity index (χ3v) is 4.91. The number of rotatable bonds is 13. The summed E-state index contributed by atoms with van der Waals surface area (Å²) in [5, 5.41) is 6.55. The van der Waals surface area contributed by atoms with Crippen LogP contribution in [-0.2, 0) is 22.6 Å². The van der Waals surface area contributed by atoms with Gasteiger partial charge in [-0.05, 0) is 17.5 Å². The van der Waals surface area contributed by atoms with Crippen LogP contribution in [0.4, 0.5) is 0 Å². The Morgan fingerprint density at radius 1 is 0.909 bits per heavy atom. The van der Waals surface area contributed by atoms with Gasteiger partial charge in [-0.2, -0.15) is 0 Å². The lowest BCUT2D eigenvalue weighted by Gasteiger charge is -2.23. The van der Waals surface area contributed by atoms with E-state index in [0.29, 0.717) is 19.1 Å². The number of methoxy groups -OCH3 is 1. The largest absolute Gasteiger partial charge is 0.383 e. The van der Waals surface area contributed by atoms with E-state index in [0.717, 1.165) is 32.6 Å². The number of benzene rings is 2. The van der Waals surface area contributed by atoms with Gasteiger partial charge in [0.05, 0.1) is 6.61 Å². The Kier molecular flexibility index (Phi) is 15.2. The molecule has 0 saturated heterocycles. The third-order valence-electron chi connectivity index (χ3n) is 4.91. The van der Waals surface area contributed by atoms with Gasteiger partial charge in [-0.3, -0.25) is 9.69 Å². The molecule has 0 aromatic heterocycles. The predicted octanol–water partition coefficient (Wildman–Crippen LogP) is 2.97. The van der Waals surface area contributed by atoms with E-state index in [2.05, 4.69) is 69.1 Å². The first-order valence-electron chi connectivity index (χ1n) is 11.1. The van der Waals surface area contributed by atoms with E-state index in [4.69, 9.17) is 4.74 Å². The highest BCUT2D eigenvalue weighted by Gasteiger charge is 2.08. The van der Waals surface area contributed by atoms with Crippen LogP contribution in [0.3, 0.4) is 0 Å². The molecule has 182 valence electrons. The summed E-state index contributed by atoms with van der Waals surface area (Å²) in [4.78, 5) is 20.3. The summed E-state index contributed by atoms with van der Waals surface area (Å²) < 4.78 is 5.10. The van der Waals surface area contributed by atoms with Crippen LogP contribution in [-0.4, -0.2) is 75.7 Å². The van der Waals surface area contributed by atoms with Crippen molar-refractivity contribution in [1.82, 2.24) is 20.4 Å². The molecule has 0 fully saturated rings. The minimum atomic E-state index is -0.0326. The summed E-state index contributed by atoms with van der Waals surface area (Å²) in [6.07, 6.45) is 0.951. The van der Waals surface area contributed by atoms with Crippen molar-refractivity contribution in [3.05, 3.63) is 71.8 Å². The number of ether oxygens (including phenoxy) is 1. The van der Waals surface area contributed by atoms with Crippen LogP contribution in [0.5, 0.6) is 0 Å². The molecule has 0 atom stereocenters. The van der Waals surface area contributed by atoms with Gasteiger partial charge >= 0.3 is 0 Å². The van der Waals surface area contributed by atoms with Gasteiger partial charge in [0.2, 0.25) is 5.91 Å². The van der Waals surface area contributed by atoms with E-state index >= 15 is 0 Å². The Morgan fingerprint density at radius 3 is 1.97 bits per heavy atom. The monoisotopic (exact) mass is 567 g/mol. The Bertz CT molecular complexity index is 761. The lowest BCUT2D eigenvalue weighted by Crippen LogP contribution is -2.41. The van der Waals surface area contributed by atoms with E-state index in [1.165, 1.54) is 11.1 Å². The zero-order valence-electron chi connectivity index (χ0n) is 20.0. The van der Waals surface area contributed by atoms with Crippen LogP contribution < -0.4 is 10.6 Å². The first-order valence-corrected chi connectivity index (χ1v) is 11.1. The minimum absolute atomic E-state index is 0. The molecule has 0 unspecified atom stereocenters. The topological polar surface area (TPSA) is 69.2 Å². The first kappa shape index (κ1) is 28.9. The summed E-state index contributed by atoms with van der Waals surface area (Å²) in [5.74, 6) is 0.602. The second-order valence-corrected chi connectivity index (χ2v) is 7.83. The molecule has 0 heterocycles. The van der Waals surface area contributed by atoms with Crippen molar-refractivity contribution < 1.29 is 9.53 Å². The van der Waals surface area contributed by atoms with Crippen molar-refractivity contribution in [2.24, 2.45) is 4.99 Å². The van der Waals surface area contributed by atoms with Gasteiger partial charge in [-0.15, -0.1) is 24.0 Å². The van der Waals surface area contributed by atoms with Gasteiger partial charge in [0, 0.05) is 53.9 Å². The number of amides is 1. The van der Waals surface area contributed by atoms with Gasteiger partial charge in [-0.25, -0.2) is 4.99 Å². The maximum Gasteiger partial charge on any atom is 0.243 e. The Hall–Kier alpha value is -2.17. The average Bonchev–Trinajstić information content (AvgIpc) is 2.80. The molecule has 0 aliphatic carbocycles. The number of nitrogens with zero attached hydrogens (tertiary/aromatic N) is 3. The van der Waals surface area contributed by atoms with Crippen molar-refractivity contribution in [3.63, 3.8) is 0 Å². The fourth-order valence-electron chi connectivity index (χ4n) is 3.14. The number of hydrogen-bond acceptors (Lipinski definition) is 4. The molecule has 2 N–H and O–H groups in total. The molecule has 2 aromatic carbocycles. The van der Waals surface area contributed by atoms with Crippen LogP contribution in [0.25, 0.3) is 0 Å². The van der Waals surface area contributed by atoms with Crippen molar-refractivity contribution in [3.8, 4) is 0 Å². The molecule has 33 heavy (non-hydrogen) atoms. The minimum Gasteiger partial charge on any atom is -0.383 e. The standard InChI is InChI=1S/C25H37N5O2.HI/c1-29(2)24(31)19-28-25(27-16-18-32-3)26-15-10-17-30(20-22-11-6-4-7-12-22)21-23-13-8-5-9-14-23;/h4-9,11-14H,10,15-21H2,1-3H3,(H2,26,27,28);1H. The molecule has 0 saturated carbocycles. The number of aliphatic imine (C=N–C) groups is 1. The SMILES string of the molecule is COCCNC(=NCC(=O)N(C)C)NCCCN(Cc1ccccc1)Cc1ccccc1.I. The molecule has 1 amide bonds. The van der Waals surface area contributed by atoms with E-state index in [1.54, 1.807) is 26.1 Å². The highest BCUT2D eigenvalue weighted by molar-refractivity contribution is 14.0. The van der Waals surface area contributed by atoms with Crippen LogP contribution in [0.15, 0.2) is 65.7 Å². The van der Waals surface area contributed by atoms with Gasteiger partial charge < -0.3 is 20.3 Å².